The minimum atomic E-state index is -0.865. The number of hydrogen-bond donors (Lipinski definition) is 2. The number of rotatable bonds is 6. The van der Waals surface area contributed by atoms with Crippen LogP contribution in [0.25, 0.3) is 0 Å². The van der Waals surface area contributed by atoms with Crippen LogP contribution in [-0.2, 0) is 9.59 Å². The molecule has 1 aliphatic heterocycles. The molecule has 4 rings (SSSR count). The number of likely N-dealkylation sites (tertiary alicyclic amines) is 1. The summed E-state index contributed by atoms with van der Waals surface area (Å²) in [5.74, 6) is -0.565. The number of carbonyl (C=O) groups is 3. The Balaban J connectivity index is 1.83. The number of primary amides is 1. The molecule has 200 valence electrons. The van der Waals surface area contributed by atoms with Gasteiger partial charge in [-0.25, -0.2) is 4.79 Å². The number of nitrogens with zero attached hydrogens (tertiary/aromatic N) is 2. The van der Waals surface area contributed by atoms with Crippen LogP contribution in [0.15, 0.2) is 71.4 Å². The molecule has 2 heterocycles. The molecule has 3 unspecified atom stereocenters. The van der Waals surface area contributed by atoms with E-state index in [0.29, 0.717) is 18.5 Å². The molecule has 1 aromatic heterocycles. The number of aryl methyl sites for hydroxylation is 1. The van der Waals surface area contributed by atoms with Crippen molar-refractivity contribution in [1.82, 2.24) is 10.2 Å². The summed E-state index contributed by atoms with van der Waals surface area (Å²) in [4.78, 5) is 43.6. The maximum Gasteiger partial charge on any atom is 0.320 e. The van der Waals surface area contributed by atoms with Crippen LogP contribution < -0.4 is 16.0 Å². The molecule has 1 aliphatic rings. The minimum absolute atomic E-state index is 0.0252. The Morgan fingerprint density at radius 1 is 1.05 bits per heavy atom. The summed E-state index contributed by atoms with van der Waals surface area (Å²) in [5.41, 5.74) is 9.07. The van der Waals surface area contributed by atoms with E-state index in [-0.39, 0.29) is 30.3 Å². The van der Waals surface area contributed by atoms with Gasteiger partial charge in [-0.2, -0.15) is 11.3 Å². The molecule has 8 heteroatoms. The lowest BCUT2D eigenvalue weighted by Crippen LogP contribution is -2.55. The molecule has 0 radical (unpaired) electrons. The summed E-state index contributed by atoms with van der Waals surface area (Å²) in [6, 6.07) is 17.4. The van der Waals surface area contributed by atoms with Gasteiger partial charge in [-0.1, -0.05) is 42.5 Å². The first kappa shape index (κ1) is 27.4. The lowest BCUT2D eigenvalue weighted by molar-refractivity contribution is -0.139. The highest BCUT2D eigenvalue weighted by atomic mass is 32.1. The van der Waals surface area contributed by atoms with Crippen LogP contribution in [0.1, 0.15) is 62.3 Å². The minimum Gasteiger partial charge on any atom is -0.351 e. The van der Waals surface area contributed by atoms with Crippen LogP contribution in [-0.4, -0.2) is 40.9 Å². The number of nitrogens with two attached hydrogens (primary N) is 1. The number of thiophene rings is 1. The van der Waals surface area contributed by atoms with Crippen LogP contribution in [0.4, 0.5) is 10.5 Å². The van der Waals surface area contributed by atoms with Gasteiger partial charge >= 0.3 is 6.03 Å². The van der Waals surface area contributed by atoms with Gasteiger partial charge in [-0.3, -0.25) is 14.5 Å². The number of carbonyl (C=O) groups excluding carboxylic acids is 3. The van der Waals surface area contributed by atoms with Crippen LogP contribution >= 0.6 is 11.3 Å². The number of urea groups is 1. The van der Waals surface area contributed by atoms with E-state index < -0.39 is 17.6 Å². The molecule has 38 heavy (non-hydrogen) atoms. The Kier molecular flexibility index (Phi) is 8.21. The molecule has 4 amide bonds. The first-order chi connectivity index (χ1) is 18.0. The summed E-state index contributed by atoms with van der Waals surface area (Å²) in [5, 5.41) is 7.11. The molecule has 0 saturated carbocycles. The molecule has 2 aromatic carbocycles. The number of anilines is 1. The summed E-state index contributed by atoms with van der Waals surface area (Å²) in [7, 11) is 0. The van der Waals surface area contributed by atoms with E-state index in [9.17, 15) is 14.4 Å². The standard InChI is InChI=1S/C30H36N4O3S/c1-20-9-8-12-24(15-20)34(29(31)37)26-17-23(22-13-14-38-19-22)16-25(21-10-6-5-7-11-21)33(28(26)36)18-27(35)32-30(2,3)4/h5-15,19,23,25-26H,16-18H2,1-4H3,(H2,31,37)(H,32,35). The average Bonchev–Trinajstić information content (AvgIpc) is 3.34. The predicted octanol–water partition coefficient (Wildman–Crippen LogP) is 5.37. The van der Waals surface area contributed by atoms with Crippen molar-refractivity contribution >= 4 is 34.9 Å². The molecule has 3 N–H and O–H groups in total. The fourth-order valence-electron chi connectivity index (χ4n) is 5.23. The molecule has 3 aromatic rings. The van der Waals surface area contributed by atoms with Crippen LogP contribution in [0.5, 0.6) is 0 Å². The lowest BCUT2D eigenvalue weighted by atomic mass is 9.87. The summed E-state index contributed by atoms with van der Waals surface area (Å²) >= 11 is 1.60. The average molecular weight is 533 g/mol. The zero-order chi connectivity index (χ0) is 27.4. The predicted molar refractivity (Wildman–Crippen MR) is 152 cm³/mol. The molecule has 0 spiro atoms. The number of hydrogen-bond acceptors (Lipinski definition) is 4. The van der Waals surface area contributed by atoms with E-state index in [2.05, 4.69) is 16.8 Å². The highest BCUT2D eigenvalue weighted by Gasteiger charge is 2.43. The lowest BCUT2D eigenvalue weighted by Gasteiger charge is -2.35. The molecule has 7 nitrogen and oxygen atoms in total. The molecule has 0 bridgehead atoms. The van der Waals surface area contributed by atoms with E-state index in [1.807, 2.05) is 81.6 Å². The second-order valence-corrected chi connectivity index (χ2v) is 11.8. The van der Waals surface area contributed by atoms with Gasteiger partial charge in [-0.15, -0.1) is 0 Å². The normalized spacial score (nSPS) is 20.1. The van der Waals surface area contributed by atoms with Crippen LogP contribution in [0.3, 0.4) is 0 Å². The first-order valence-corrected chi connectivity index (χ1v) is 13.8. The summed E-state index contributed by atoms with van der Waals surface area (Å²) in [6.45, 7) is 7.53. The zero-order valence-electron chi connectivity index (χ0n) is 22.4. The van der Waals surface area contributed by atoms with Gasteiger partial charge in [0.1, 0.15) is 12.6 Å². The van der Waals surface area contributed by atoms with Gasteiger partial charge in [-0.05, 0) is 92.1 Å². The summed E-state index contributed by atoms with van der Waals surface area (Å²) < 4.78 is 0. The highest BCUT2D eigenvalue weighted by Crippen LogP contribution is 2.41. The van der Waals surface area contributed by atoms with Crippen LogP contribution in [0.2, 0.25) is 0 Å². The van der Waals surface area contributed by atoms with Crippen molar-refractivity contribution in [3.8, 4) is 0 Å². The molecular formula is C30H36N4O3S. The van der Waals surface area contributed by atoms with Gasteiger partial charge < -0.3 is 16.0 Å². The van der Waals surface area contributed by atoms with Crippen molar-refractivity contribution in [3.05, 3.63) is 88.1 Å². The second-order valence-electron chi connectivity index (χ2n) is 11.0. The fourth-order valence-corrected chi connectivity index (χ4v) is 5.98. The van der Waals surface area contributed by atoms with Crippen molar-refractivity contribution in [2.75, 3.05) is 11.4 Å². The SMILES string of the molecule is Cc1cccc(N(C(N)=O)C2CC(c3ccsc3)CC(c3ccccc3)N(CC(=O)NC(C)(C)C)C2=O)c1. The molecular weight excluding hydrogens is 496 g/mol. The van der Waals surface area contributed by atoms with Crippen molar-refractivity contribution in [3.63, 3.8) is 0 Å². The van der Waals surface area contributed by atoms with E-state index in [1.165, 1.54) is 4.90 Å². The second kappa shape index (κ2) is 11.4. The Hall–Kier alpha value is -3.65. The Bertz CT molecular complexity index is 1270. The highest BCUT2D eigenvalue weighted by molar-refractivity contribution is 7.08. The van der Waals surface area contributed by atoms with Gasteiger partial charge in [0.15, 0.2) is 0 Å². The molecule has 3 atom stereocenters. The quantitative estimate of drug-likeness (QED) is 0.447. The maximum absolute atomic E-state index is 14.4. The zero-order valence-corrected chi connectivity index (χ0v) is 23.2. The monoisotopic (exact) mass is 532 g/mol. The number of benzene rings is 2. The van der Waals surface area contributed by atoms with E-state index in [0.717, 1.165) is 16.7 Å². The topological polar surface area (TPSA) is 95.7 Å². The third kappa shape index (κ3) is 6.42. The first-order valence-electron chi connectivity index (χ1n) is 12.9. The van der Waals surface area contributed by atoms with Gasteiger partial charge in [0.25, 0.3) is 0 Å². The molecule has 1 saturated heterocycles. The third-order valence-electron chi connectivity index (χ3n) is 6.82. The Morgan fingerprint density at radius 3 is 2.39 bits per heavy atom. The summed E-state index contributed by atoms with van der Waals surface area (Å²) in [6.07, 6.45) is 1.01. The van der Waals surface area contributed by atoms with Crippen molar-refractivity contribution in [2.45, 2.75) is 64.1 Å². The Morgan fingerprint density at radius 2 is 1.79 bits per heavy atom. The third-order valence-corrected chi connectivity index (χ3v) is 7.52. The van der Waals surface area contributed by atoms with Crippen molar-refractivity contribution in [2.24, 2.45) is 5.73 Å². The number of nitrogens with one attached hydrogen (secondary N) is 1. The molecule has 1 fully saturated rings. The van der Waals surface area contributed by atoms with Crippen molar-refractivity contribution in [1.29, 1.82) is 0 Å². The number of amides is 4. The van der Waals surface area contributed by atoms with Crippen LogP contribution in [0, 0.1) is 6.92 Å². The van der Waals surface area contributed by atoms with E-state index >= 15 is 0 Å². The largest absolute Gasteiger partial charge is 0.351 e. The van der Waals surface area contributed by atoms with Gasteiger partial charge in [0, 0.05) is 11.2 Å². The van der Waals surface area contributed by atoms with Crippen molar-refractivity contribution < 1.29 is 14.4 Å². The van der Waals surface area contributed by atoms with Gasteiger partial charge in [0.2, 0.25) is 11.8 Å². The maximum atomic E-state index is 14.4. The van der Waals surface area contributed by atoms with Gasteiger partial charge in [0.05, 0.1) is 6.04 Å². The van der Waals surface area contributed by atoms with E-state index in [1.54, 1.807) is 22.3 Å². The van der Waals surface area contributed by atoms with E-state index in [4.69, 9.17) is 5.73 Å². The Labute approximate surface area is 228 Å². The fraction of sp³-hybridized carbons (Fsp3) is 0.367. The molecule has 0 aliphatic carbocycles. The smallest absolute Gasteiger partial charge is 0.320 e.